The number of aliphatic hydroxyl groups excluding tert-OH is 1. The van der Waals surface area contributed by atoms with Crippen LogP contribution < -0.4 is 15.0 Å². The molecule has 4 atom stereocenters. The van der Waals surface area contributed by atoms with Gasteiger partial charge in [-0.15, -0.1) is 0 Å². The molecule has 4 unspecified atom stereocenters. The van der Waals surface area contributed by atoms with Crippen LogP contribution in [0.15, 0.2) is 60.7 Å². The molecule has 5 amide bonds. The average Bonchev–Trinajstić information content (AvgIpc) is 3.67. The fourth-order valence-corrected chi connectivity index (χ4v) is 10.3. The number of ether oxygens (including phenoxy) is 1. The number of piperazine rings is 1. The minimum Gasteiger partial charge on any atom is -0.490 e. The van der Waals surface area contributed by atoms with Gasteiger partial charge in [-0.3, -0.25) is 33.8 Å². The number of benzene rings is 3. The number of aliphatic hydroxyl groups is 1. The second-order valence-corrected chi connectivity index (χ2v) is 17.4. The molecule has 312 valence electrons. The summed E-state index contributed by atoms with van der Waals surface area (Å²) in [5, 5.41) is 21.7. The number of nitrogens with zero attached hydrogens (tertiary/aromatic N) is 6. The van der Waals surface area contributed by atoms with Crippen molar-refractivity contribution in [2.24, 2.45) is 5.92 Å². The molecule has 0 saturated carbocycles. The van der Waals surface area contributed by atoms with Crippen molar-refractivity contribution in [2.45, 2.75) is 81.8 Å². The third-order valence-electron chi connectivity index (χ3n) is 13.4. The van der Waals surface area contributed by atoms with Crippen LogP contribution in [-0.2, 0) is 4.79 Å². The molecular weight excluding hydrogens is 786 g/mol. The van der Waals surface area contributed by atoms with Crippen LogP contribution in [0.3, 0.4) is 0 Å². The van der Waals surface area contributed by atoms with E-state index in [1.54, 1.807) is 54.6 Å². The molecule has 14 nitrogen and oxygen atoms in total. The summed E-state index contributed by atoms with van der Waals surface area (Å²) in [6, 6.07) is 18.8. The highest BCUT2D eigenvalue weighted by atomic mass is 35.5. The zero-order chi connectivity index (χ0) is 41.7. The molecule has 9 rings (SSSR count). The van der Waals surface area contributed by atoms with Crippen LogP contribution in [0.1, 0.15) is 98.4 Å². The van der Waals surface area contributed by atoms with Gasteiger partial charge in [0.05, 0.1) is 21.7 Å². The number of nitriles is 1. The average molecular weight is 834 g/mol. The lowest BCUT2D eigenvalue weighted by Crippen LogP contribution is -2.55. The number of halogens is 1. The molecule has 0 spiro atoms. The Labute approximate surface area is 353 Å². The Hall–Kier alpha value is -5.49. The van der Waals surface area contributed by atoms with E-state index in [0.29, 0.717) is 57.6 Å². The maximum Gasteiger partial charge on any atom is 0.262 e. The molecule has 5 fully saturated rings. The fraction of sp³-hybridized carbons (Fsp3) is 0.467. The van der Waals surface area contributed by atoms with Crippen LogP contribution in [0.5, 0.6) is 5.75 Å². The number of amides is 5. The van der Waals surface area contributed by atoms with Gasteiger partial charge in [-0.1, -0.05) is 11.6 Å². The van der Waals surface area contributed by atoms with Gasteiger partial charge in [0.2, 0.25) is 5.91 Å². The van der Waals surface area contributed by atoms with Crippen LogP contribution in [0.25, 0.3) is 0 Å². The maximum atomic E-state index is 13.7. The summed E-state index contributed by atoms with van der Waals surface area (Å²) in [5.74, 6) is -0.376. The lowest BCUT2D eigenvalue weighted by atomic mass is 9.95. The van der Waals surface area contributed by atoms with E-state index >= 15 is 0 Å². The number of piperidine rings is 3. The van der Waals surface area contributed by atoms with Crippen molar-refractivity contribution in [3.05, 3.63) is 93.5 Å². The molecule has 3 aromatic carbocycles. The standard InChI is InChI=1S/C45H48ClN7O7/c46-38-24-34(9-5-30(38)25-47)60-35-21-32-6-7-33(22-35)52(32)43(57)29-3-1-28(2-4-29)42(56)51-19-17-49(18-20-51)26-27-13-15-50(16-14-27)31-8-10-36-37(23-31)45(59)53(44(36)58)39-11-12-40(54)48-41(39)55/h1-5,8-10,23-24,27,32-33,35,39-40,54H,6-7,11-22,26H2,(H,48,55). The van der Waals surface area contributed by atoms with Crippen LogP contribution >= 0.6 is 11.6 Å². The third-order valence-corrected chi connectivity index (χ3v) is 13.7. The predicted octanol–water partition coefficient (Wildman–Crippen LogP) is 4.29. The number of fused-ring (bicyclic) bond motifs is 3. The molecule has 15 heteroatoms. The highest BCUT2D eigenvalue weighted by Gasteiger charge is 2.46. The maximum absolute atomic E-state index is 13.7. The molecule has 0 aromatic heterocycles. The van der Waals surface area contributed by atoms with Gasteiger partial charge in [0.1, 0.15) is 30.2 Å². The second-order valence-electron chi connectivity index (χ2n) is 17.0. The third kappa shape index (κ3) is 7.70. The smallest absolute Gasteiger partial charge is 0.262 e. The summed E-state index contributed by atoms with van der Waals surface area (Å²) in [6.45, 7) is 5.44. The fourth-order valence-electron chi connectivity index (χ4n) is 10.1. The topological polar surface area (TPSA) is 167 Å². The normalized spacial score (nSPS) is 25.9. The first-order valence-electron chi connectivity index (χ1n) is 21.1. The van der Waals surface area contributed by atoms with Gasteiger partial charge in [0.25, 0.3) is 23.6 Å². The van der Waals surface area contributed by atoms with Gasteiger partial charge >= 0.3 is 0 Å². The highest BCUT2D eigenvalue weighted by Crippen LogP contribution is 2.39. The Bertz CT molecular complexity index is 2230. The quantitative estimate of drug-likeness (QED) is 0.313. The van der Waals surface area contributed by atoms with E-state index in [9.17, 15) is 34.3 Å². The van der Waals surface area contributed by atoms with Crippen molar-refractivity contribution < 1.29 is 33.8 Å². The number of nitrogens with one attached hydrogen (secondary N) is 1. The Morgan fingerprint density at radius 1 is 0.783 bits per heavy atom. The Kier molecular flexibility index (Phi) is 11.0. The van der Waals surface area contributed by atoms with E-state index in [4.69, 9.17) is 16.3 Å². The van der Waals surface area contributed by atoms with Gasteiger partial charge in [-0.25, -0.2) is 0 Å². The van der Waals surface area contributed by atoms with Gasteiger partial charge in [-0.2, -0.15) is 5.26 Å². The van der Waals surface area contributed by atoms with Crippen LogP contribution in [0, 0.1) is 17.2 Å². The number of rotatable bonds is 8. The minimum atomic E-state index is -0.967. The summed E-state index contributed by atoms with van der Waals surface area (Å²) in [5.41, 5.74) is 3.06. The molecule has 0 radical (unpaired) electrons. The molecule has 0 aliphatic carbocycles. The van der Waals surface area contributed by atoms with E-state index < -0.39 is 30.0 Å². The van der Waals surface area contributed by atoms with E-state index in [0.717, 1.165) is 81.8 Å². The lowest BCUT2D eigenvalue weighted by Gasteiger charge is -2.39. The summed E-state index contributed by atoms with van der Waals surface area (Å²) >= 11 is 6.21. The number of hydrogen-bond acceptors (Lipinski definition) is 10. The number of hydrogen-bond donors (Lipinski definition) is 2. The second kappa shape index (κ2) is 16.5. The first-order valence-corrected chi connectivity index (χ1v) is 21.5. The van der Waals surface area contributed by atoms with Crippen molar-refractivity contribution in [2.75, 3.05) is 50.7 Å². The van der Waals surface area contributed by atoms with Crippen LogP contribution in [-0.4, -0.2) is 131 Å². The predicted molar refractivity (Wildman–Crippen MR) is 221 cm³/mol. The highest BCUT2D eigenvalue weighted by molar-refractivity contribution is 6.31. The SMILES string of the molecule is N#Cc1ccc(OC2CC3CCC(C2)N3C(=O)c2ccc(C(=O)N3CCN(CC4CCN(c5ccc6c(c5)C(=O)N(C5CCC(O)NC5=O)C6=O)CC4)CC3)cc2)cc1Cl. The van der Waals surface area contributed by atoms with Gasteiger partial charge in [0, 0.05) is 93.6 Å². The van der Waals surface area contributed by atoms with E-state index in [-0.39, 0.29) is 42.8 Å². The number of anilines is 1. The summed E-state index contributed by atoms with van der Waals surface area (Å²) < 4.78 is 6.24. The van der Waals surface area contributed by atoms with Crippen molar-refractivity contribution in [1.82, 2.24) is 24.9 Å². The van der Waals surface area contributed by atoms with Crippen molar-refractivity contribution in [3.8, 4) is 11.8 Å². The van der Waals surface area contributed by atoms with E-state index in [1.165, 1.54) is 0 Å². The lowest BCUT2D eigenvalue weighted by molar-refractivity contribution is -0.131. The number of imide groups is 1. The van der Waals surface area contributed by atoms with Gasteiger partial charge < -0.3 is 29.9 Å². The monoisotopic (exact) mass is 833 g/mol. The Morgan fingerprint density at radius 2 is 1.45 bits per heavy atom. The van der Waals surface area contributed by atoms with Crippen molar-refractivity contribution in [3.63, 3.8) is 0 Å². The Morgan fingerprint density at radius 3 is 2.10 bits per heavy atom. The molecular formula is C45H48ClN7O7. The van der Waals surface area contributed by atoms with Crippen LogP contribution in [0.2, 0.25) is 5.02 Å². The van der Waals surface area contributed by atoms with E-state index in [1.807, 2.05) is 15.9 Å². The van der Waals surface area contributed by atoms with Gasteiger partial charge in [0.15, 0.2) is 0 Å². The zero-order valence-electron chi connectivity index (χ0n) is 33.3. The van der Waals surface area contributed by atoms with Gasteiger partial charge in [-0.05, 0) is 99.0 Å². The molecule has 6 aliphatic rings. The summed E-state index contributed by atoms with van der Waals surface area (Å²) in [6.07, 6.45) is 4.74. The minimum absolute atomic E-state index is 0.0135. The largest absolute Gasteiger partial charge is 0.490 e. The molecule has 3 aromatic rings. The van der Waals surface area contributed by atoms with Crippen molar-refractivity contribution >= 4 is 46.8 Å². The molecule has 6 heterocycles. The molecule has 60 heavy (non-hydrogen) atoms. The number of carbonyl (C=O) groups excluding carboxylic acids is 5. The van der Waals surface area contributed by atoms with Crippen molar-refractivity contribution in [1.29, 1.82) is 5.26 Å². The first-order chi connectivity index (χ1) is 29.0. The van der Waals surface area contributed by atoms with E-state index in [2.05, 4.69) is 21.2 Å². The first kappa shape index (κ1) is 39.9. The Balaban J connectivity index is 0.725. The molecule has 2 bridgehead atoms. The zero-order valence-corrected chi connectivity index (χ0v) is 34.1. The number of carbonyl (C=O) groups is 5. The summed E-state index contributed by atoms with van der Waals surface area (Å²) in [4.78, 5) is 75.9. The van der Waals surface area contributed by atoms with Crippen LogP contribution in [0.4, 0.5) is 5.69 Å². The molecule has 6 aliphatic heterocycles. The molecule has 2 N–H and O–H groups in total. The molecule has 5 saturated heterocycles. The summed E-state index contributed by atoms with van der Waals surface area (Å²) in [7, 11) is 0.